The van der Waals surface area contributed by atoms with Gasteiger partial charge in [-0.25, -0.2) is 0 Å². The molecule has 0 unspecified atom stereocenters. The Morgan fingerprint density at radius 1 is 1.20 bits per heavy atom. The number of aromatic nitrogens is 2. The third kappa shape index (κ3) is 2.24. The quantitative estimate of drug-likeness (QED) is 0.542. The summed E-state index contributed by atoms with van der Waals surface area (Å²) in [5, 5.41) is 0. The number of nitrogens with zero attached hydrogens (tertiary/aromatic N) is 2. The molecule has 20 heavy (non-hydrogen) atoms. The summed E-state index contributed by atoms with van der Waals surface area (Å²) in [5.74, 6) is 0.541. The van der Waals surface area contributed by atoms with Crippen LogP contribution in [0.25, 0.3) is 15.8 Å². The minimum absolute atomic E-state index is 0.0994. The first kappa shape index (κ1) is 13.0. The summed E-state index contributed by atoms with van der Waals surface area (Å²) in [6.07, 6.45) is 3.72. The van der Waals surface area contributed by atoms with E-state index in [0.717, 1.165) is 21.5 Å². The van der Waals surface area contributed by atoms with Gasteiger partial charge < -0.3 is 0 Å². The van der Waals surface area contributed by atoms with E-state index in [1.807, 2.05) is 34.9 Å². The van der Waals surface area contributed by atoms with Crippen LogP contribution < -0.4 is 4.74 Å². The average Bonchev–Trinajstić information content (AvgIpc) is 3.05. The van der Waals surface area contributed by atoms with Crippen LogP contribution in [0, 0.1) is 0 Å². The van der Waals surface area contributed by atoms with E-state index in [1.165, 1.54) is 7.11 Å². The van der Waals surface area contributed by atoms with Crippen molar-refractivity contribution in [2.75, 3.05) is 14.2 Å². The van der Waals surface area contributed by atoms with Gasteiger partial charge in [0.25, 0.3) is 0 Å². The molecule has 5 nitrogen and oxygen atoms in total. The molecule has 3 rings (SSSR count). The fraction of sp³-hybridized carbons (Fsp3) is 0.143. The third-order valence-corrected chi connectivity index (χ3v) is 4.98. The minimum atomic E-state index is -0.276. The number of fused-ring (bicyclic) bond motifs is 1. The van der Waals surface area contributed by atoms with E-state index in [0.29, 0.717) is 4.44 Å². The second-order valence-electron chi connectivity index (χ2n) is 4.13. The summed E-state index contributed by atoms with van der Waals surface area (Å²) < 4.78 is 13.3. The van der Waals surface area contributed by atoms with Gasteiger partial charge in [-0.1, -0.05) is 0 Å². The van der Waals surface area contributed by atoms with E-state index in [9.17, 15) is 4.79 Å². The van der Waals surface area contributed by atoms with Gasteiger partial charge in [-0.15, -0.1) is 0 Å². The summed E-state index contributed by atoms with van der Waals surface area (Å²) in [6, 6.07) is 7.74. The SMILES string of the molecule is COC(=O)c1cn2cc(-c3ccc(OC)cc3)nc2[se]1. The molecule has 1 aromatic carbocycles. The van der Waals surface area contributed by atoms with Gasteiger partial charge in [-0.2, -0.15) is 0 Å². The van der Waals surface area contributed by atoms with Gasteiger partial charge in [0, 0.05) is 0 Å². The third-order valence-electron chi connectivity index (χ3n) is 2.93. The van der Waals surface area contributed by atoms with Gasteiger partial charge in [-0.3, -0.25) is 0 Å². The van der Waals surface area contributed by atoms with Crippen LogP contribution in [0.15, 0.2) is 36.7 Å². The Morgan fingerprint density at radius 2 is 1.95 bits per heavy atom. The summed E-state index contributed by atoms with van der Waals surface area (Å²) in [6.45, 7) is 0. The number of imidazole rings is 1. The Bertz CT molecular complexity index is 727. The molecule has 6 heteroatoms. The van der Waals surface area contributed by atoms with Crippen LogP contribution >= 0.6 is 0 Å². The molecule has 0 radical (unpaired) electrons. The van der Waals surface area contributed by atoms with Crippen molar-refractivity contribution in [1.82, 2.24) is 9.38 Å². The molecule has 2 aromatic heterocycles. The van der Waals surface area contributed by atoms with Crippen LogP contribution in [-0.4, -0.2) is 44.1 Å². The maximum atomic E-state index is 11.5. The molecule has 102 valence electrons. The predicted octanol–water partition coefficient (Wildman–Crippen LogP) is 1.85. The molecular formula is C14H12N2O3Se. The van der Waals surface area contributed by atoms with Crippen LogP contribution in [0.1, 0.15) is 9.23 Å². The van der Waals surface area contributed by atoms with Gasteiger partial charge in [-0.05, 0) is 0 Å². The molecule has 0 N–H and O–H groups in total. The van der Waals surface area contributed by atoms with E-state index >= 15 is 0 Å². The molecule has 0 saturated carbocycles. The molecule has 0 amide bonds. The molecule has 0 aliphatic carbocycles. The first-order chi connectivity index (χ1) is 9.71. The first-order valence-electron chi connectivity index (χ1n) is 5.92. The molecule has 0 aliphatic rings. The molecule has 3 aromatic rings. The Labute approximate surface area is 121 Å². The number of ether oxygens (including phenoxy) is 2. The molecular weight excluding hydrogens is 323 g/mol. The van der Waals surface area contributed by atoms with Crippen molar-refractivity contribution in [1.29, 1.82) is 0 Å². The van der Waals surface area contributed by atoms with Gasteiger partial charge in [0.05, 0.1) is 0 Å². The number of hydrogen-bond acceptors (Lipinski definition) is 4. The molecule has 0 fully saturated rings. The van der Waals surface area contributed by atoms with Crippen LogP contribution in [0.2, 0.25) is 0 Å². The molecule has 0 spiro atoms. The van der Waals surface area contributed by atoms with Gasteiger partial charge in [0.15, 0.2) is 0 Å². The first-order valence-corrected chi connectivity index (χ1v) is 7.64. The number of carbonyl (C=O) groups excluding carboxylic acids is 1. The predicted molar refractivity (Wildman–Crippen MR) is 75.5 cm³/mol. The molecule has 0 atom stereocenters. The number of benzene rings is 1. The fourth-order valence-corrected chi connectivity index (χ4v) is 3.75. The Hall–Kier alpha value is -2.04. The Morgan fingerprint density at radius 3 is 2.55 bits per heavy atom. The van der Waals surface area contributed by atoms with Crippen molar-refractivity contribution < 1.29 is 14.3 Å². The maximum absolute atomic E-state index is 11.5. The van der Waals surface area contributed by atoms with Crippen LogP contribution in [0.3, 0.4) is 0 Å². The fourth-order valence-electron chi connectivity index (χ4n) is 1.89. The van der Waals surface area contributed by atoms with Crippen molar-refractivity contribution in [3.05, 3.63) is 41.1 Å². The summed E-state index contributed by atoms with van der Waals surface area (Å²) >= 11 is -0.0994. The number of carbonyl (C=O) groups is 1. The average molecular weight is 335 g/mol. The van der Waals surface area contributed by atoms with E-state index < -0.39 is 0 Å². The van der Waals surface area contributed by atoms with Gasteiger partial charge in [0.1, 0.15) is 0 Å². The van der Waals surface area contributed by atoms with E-state index in [-0.39, 0.29) is 20.5 Å². The number of esters is 1. The van der Waals surface area contributed by atoms with E-state index in [2.05, 4.69) is 4.98 Å². The Kier molecular flexibility index (Phi) is 3.34. The second kappa shape index (κ2) is 5.15. The molecule has 0 bridgehead atoms. The number of rotatable bonds is 3. The summed E-state index contributed by atoms with van der Waals surface area (Å²) in [5.41, 5.74) is 1.92. The van der Waals surface area contributed by atoms with Crippen LogP contribution in [-0.2, 0) is 4.74 Å². The summed E-state index contributed by atoms with van der Waals surface area (Å²) in [4.78, 5) is 16.0. The standard InChI is InChI=1S/C14H12N2O3Se/c1-18-10-5-3-9(4-6-10)11-7-16-8-12(13(17)19-2)20-14(16)15-11/h3-8H,1-2H3. The topological polar surface area (TPSA) is 52.8 Å². The normalized spacial score (nSPS) is 10.7. The molecule has 2 heterocycles. The second-order valence-corrected chi connectivity index (χ2v) is 6.25. The van der Waals surface area contributed by atoms with E-state index in [1.54, 1.807) is 13.3 Å². The molecule has 0 saturated heterocycles. The zero-order valence-corrected chi connectivity index (χ0v) is 12.7. The van der Waals surface area contributed by atoms with Crippen molar-refractivity contribution in [2.24, 2.45) is 0 Å². The van der Waals surface area contributed by atoms with Crippen LogP contribution in [0.5, 0.6) is 5.75 Å². The Balaban J connectivity index is 1.96. The monoisotopic (exact) mass is 336 g/mol. The summed E-state index contributed by atoms with van der Waals surface area (Å²) in [7, 11) is 3.03. The van der Waals surface area contributed by atoms with Gasteiger partial charge in [0.2, 0.25) is 0 Å². The van der Waals surface area contributed by atoms with Gasteiger partial charge >= 0.3 is 121 Å². The van der Waals surface area contributed by atoms with Crippen molar-refractivity contribution in [2.45, 2.75) is 0 Å². The van der Waals surface area contributed by atoms with Crippen LogP contribution in [0.4, 0.5) is 0 Å². The molecule has 0 aliphatic heterocycles. The zero-order valence-electron chi connectivity index (χ0n) is 11.0. The number of methoxy groups -OCH3 is 2. The van der Waals surface area contributed by atoms with Crippen molar-refractivity contribution in [3.63, 3.8) is 0 Å². The van der Waals surface area contributed by atoms with Crippen molar-refractivity contribution in [3.8, 4) is 17.0 Å². The van der Waals surface area contributed by atoms with E-state index in [4.69, 9.17) is 9.47 Å². The zero-order chi connectivity index (χ0) is 14.1. The number of hydrogen-bond donors (Lipinski definition) is 0. The van der Waals surface area contributed by atoms with Crippen molar-refractivity contribution >= 4 is 25.0 Å².